The maximum Gasteiger partial charge on any atom is 0.127 e. The van der Waals surface area contributed by atoms with E-state index in [2.05, 4.69) is 67.0 Å². The Labute approximate surface area is 161 Å². The monoisotopic (exact) mass is 406 g/mol. The Morgan fingerprint density at radius 1 is 0.960 bits per heavy atom. The summed E-state index contributed by atoms with van der Waals surface area (Å²) in [6.07, 6.45) is 5.95. The number of hydrogen-bond acceptors (Lipinski definition) is 2. The summed E-state index contributed by atoms with van der Waals surface area (Å²) in [4.78, 5) is 0. The second-order valence-electron chi connectivity index (χ2n) is 6.73. The number of halogens is 1. The van der Waals surface area contributed by atoms with Crippen LogP contribution in [0.1, 0.15) is 51.5 Å². The fourth-order valence-electron chi connectivity index (χ4n) is 3.00. The first-order valence-electron chi connectivity index (χ1n) is 9.54. The molecule has 0 radical (unpaired) electrons. The lowest BCUT2D eigenvalue weighted by molar-refractivity contribution is 0.235. The number of alkyl halides is 1. The van der Waals surface area contributed by atoms with Crippen LogP contribution in [-0.2, 0) is 0 Å². The van der Waals surface area contributed by atoms with Crippen LogP contribution in [-0.4, -0.2) is 18.5 Å². The van der Waals surface area contributed by atoms with Crippen molar-refractivity contribution in [2.45, 2.75) is 52.9 Å². The largest absolute Gasteiger partial charge is 0.493 e. The molecule has 138 valence electrons. The molecule has 2 rings (SSSR count). The van der Waals surface area contributed by atoms with Crippen LogP contribution in [0.4, 0.5) is 0 Å². The molecule has 2 nitrogen and oxygen atoms in total. The molecular formula is C22H31BrO2. The van der Waals surface area contributed by atoms with Crippen LogP contribution in [0, 0.1) is 12.8 Å². The van der Waals surface area contributed by atoms with Crippen molar-refractivity contribution >= 4 is 26.7 Å². The third kappa shape index (κ3) is 5.91. The zero-order chi connectivity index (χ0) is 18.1. The summed E-state index contributed by atoms with van der Waals surface area (Å²) in [5.74, 6) is 2.55. The molecule has 0 amide bonds. The molecule has 0 bridgehead atoms. The van der Waals surface area contributed by atoms with Crippen LogP contribution in [0.15, 0.2) is 30.3 Å². The van der Waals surface area contributed by atoms with E-state index in [0.717, 1.165) is 47.2 Å². The van der Waals surface area contributed by atoms with Crippen LogP contribution in [0.5, 0.6) is 11.5 Å². The third-order valence-corrected chi connectivity index (χ3v) is 5.21. The molecule has 0 aliphatic rings. The first kappa shape index (κ1) is 20.1. The van der Waals surface area contributed by atoms with Gasteiger partial charge in [0.05, 0.1) is 13.2 Å². The number of rotatable bonds is 11. The highest BCUT2D eigenvalue weighted by Crippen LogP contribution is 2.34. The smallest absolute Gasteiger partial charge is 0.127 e. The molecule has 0 aliphatic carbocycles. The second-order valence-corrected chi connectivity index (χ2v) is 7.52. The van der Waals surface area contributed by atoms with Gasteiger partial charge in [-0.2, -0.15) is 0 Å². The molecule has 1 unspecified atom stereocenters. The highest BCUT2D eigenvalue weighted by atomic mass is 79.9. The maximum absolute atomic E-state index is 6.23. The molecular weight excluding hydrogens is 376 g/mol. The molecule has 3 heteroatoms. The summed E-state index contributed by atoms with van der Waals surface area (Å²) < 4.78 is 12.2. The van der Waals surface area contributed by atoms with E-state index in [0.29, 0.717) is 5.92 Å². The van der Waals surface area contributed by atoms with Gasteiger partial charge >= 0.3 is 0 Å². The van der Waals surface area contributed by atoms with Crippen molar-refractivity contribution in [3.63, 3.8) is 0 Å². The van der Waals surface area contributed by atoms with Gasteiger partial charge in [-0.3, -0.25) is 0 Å². The maximum atomic E-state index is 6.23. The van der Waals surface area contributed by atoms with E-state index in [1.54, 1.807) is 0 Å². The Morgan fingerprint density at radius 3 is 2.40 bits per heavy atom. The molecule has 2 aromatic carbocycles. The van der Waals surface area contributed by atoms with Crippen LogP contribution < -0.4 is 9.47 Å². The Kier molecular flexibility index (Phi) is 8.60. The van der Waals surface area contributed by atoms with Crippen molar-refractivity contribution in [2.75, 3.05) is 18.5 Å². The predicted octanol–water partition coefficient (Wildman–Crippen LogP) is 6.91. The highest BCUT2D eigenvalue weighted by Gasteiger charge is 2.11. The van der Waals surface area contributed by atoms with Gasteiger partial charge < -0.3 is 9.47 Å². The molecule has 0 saturated carbocycles. The van der Waals surface area contributed by atoms with Crippen LogP contribution >= 0.6 is 15.9 Å². The number of benzene rings is 2. The van der Waals surface area contributed by atoms with Gasteiger partial charge in [0.15, 0.2) is 0 Å². The van der Waals surface area contributed by atoms with Gasteiger partial charge in [0, 0.05) is 16.1 Å². The minimum absolute atomic E-state index is 0.635. The van der Waals surface area contributed by atoms with Crippen molar-refractivity contribution in [1.29, 1.82) is 0 Å². The molecule has 0 spiro atoms. The van der Waals surface area contributed by atoms with Crippen LogP contribution in [0.2, 0.25) is 0 Å². The lowest BCUT2D eigenvalue weighted by Crippen LogP contribution is -2.11. The normalized spacial score (nSPS) is 12.3. The Bertz CT molecular complexity index is 654. The first-order chi connectivity index (χ1) is 12.2. The van der Waals surface area contributed by atoms with Crippen molar-refractivity contribution in [3.05, 3.63) is 35.9 Å². The van der Waals surface area contributed by atoms with Crippen molar-refractivity contribution in [2.24, 2.45) is 5.92 Å². The third-order valence-electron chi connectivity index (χ3n) is 4.65. The molecule has 0 fully saturated rings. The molecule has 0 N–H and O–H groups in total. The summed E-state index contributed by atoms with van der Waals surface area (Å²) in [6, 6.07) is 10.6. The number of unbranched alkanes of at least 4 members (excludes halogenated alkanes) is 1. The minimum Gasteiger partial charge on any atom is -0.493 e. The van der Waals surface area contributed by atoms with Crippen LogP contribution in [0.3, 0.4) is 0 Å². The van der Waals surface area contributed by atoms with E-state index in [9.17, 15) is 0 Å². The fourth-order valence-corrected chi connectivity index (χ4v) is 3.23. The zero-order valence-electron chi connectivity index (χ0n) is 15.8. The Morgan fingerprint density at radius 2 is 1.72 bits per heavy atom. The Hall–Kier alpha value is -1.22. The number of aryl methyl sites for hydroxylation is 1. The molecule has 0 saturated heterocycles. The lowest BCUT2D eigenvalue weighted by Gasteiger charge is -2.18. The fraction of sp³-hybridized carbons (Fsp3) is 0.545. The number of hydrogen-bond donors (Lipinski definition) is 0. The van der Waals surface area contributed by atoms with E-state index < -0.39 is 0 Å². The summed E-state index contributed by atoms with van der Waals surface area (Å²) in [6.45, 7) is 8.14. The van der Waals surface area contributed by atoms with Gasteiger partial charge in [0.25, 0.3) is 0 Å². The number of fused-ring (bicyclic) bond motifs is 1. The number of ether oxygens (including phenoxy) is 2. The van der Waals surface area contributed by atoms with Gasteiger partial charge in [0.2, 0.25) is 0 Å². The van der Waals surface area contributed by atoms with Gasteiger partial charge in [-0.15, -0.1) is 0 Å². The van der Waals surface area contributed by atoms with Gasteiger partial charge in [-0.25, -0.2) is 0 Å². The second kappa shape index (κ2) is 10.7. The van der Waals surface area contributed by atoms with E-state index in [-0.39, 0.29) is 0 Å². The van der Waals surface area contributed by atoms with E-state index in [4.69, 9.17) is 9.47 Å². The topological polar surface area (TPSA) is 18.5 Å². The summed E-state index contributed by atoms with van der Waals surface area (Å²) in [5, 5.41) is 3.25. The predicted molar refractivity (Wildman–Crippen MR) is 111 cm³/mol. The van der Waals surface area contributed by atoms with Gasteiger partial charge in [0.1, 0.15) is 11.5 Å². The molecule has 0 aliphatic heterocycles. The average Bonchev–Trinajstić information content (AvgIpc) is 2.63. The molecule has 1 atom stereocenters. The van der Waals surface area contributed by atoms with Crippen LogP contribution in [0.25, 0.3) is 10.8 Å². The summed E-state index contributed by atoms with van der Waals surface area (Å²) in [7, 11) is 0. The first-order valence-corrected chi connectivity index (χ1v) is 10.7. The van der Waals surface area contributed by atoms with Gasteiger partial charge in [-0.05, 0) is 43.9 Å². The quantitative estimate of drug-likeness (QED) is 0.298. The average molecular weight is 407 g/mol. The SMILES string of the molecule is CCCCC(CC)COc1ccc(OCCCBr)c2cc(C)ccc12. The highest BCUT2D eigenvalue weighted by molar-refractivity contribution is 9.09. The van der Waals surface area contributed by atoms with E-state index >= 15 is 0 Å². The molecule has 25 heavy (non-hydrogen) atoms. The molecule has 2 aromatic rings. The van der Waals surface area contributed by atoms with E-state index in [1.807, 2.05) is 0 Å². The van der Waals surface area contributed by atoms with E-state index in [1.165, 1.54) is 31.2 Å². The standard InChI is InChI=1S/C22H31BrO2/c1-4-6-8-18(5-2)16-25-21-11-12-22(24-14-7-13-23)20-15-17(3)9-10-19(20)21/h9-12,15,18H,4-8,13-14,16H2,1-3H3. The van der Waals surface area contributed by atoms with Gasteiger partial charge in [-0.1, -0.05) is 66.7 Å². The Balaban J connectivity index is 2.18. The van der Waals surface area contributed by atoms with Crippen molar-refractivity contribution < 1.29 is 9.47 Å². The van der Waals surface area contributed by atoms with Crippen molar-refractivity contribution in [1.82, 2.24) is 0 Å². The summed E-state index contributed by atoms with van der Waals surface area (Å²) in [5.41, 5.74) is 1.24. The molecule has 0 aromatic heterocycles. The summed E-state index contributed by atoms with van der Waals surface area (Å²) >= 11 is 3.45. The lowest BCUT2D eigenvalue weighted by atomic mass is 10.0. The van der Waals surface area contributed by atoms with Crippen molar-refractivity contribution in [3.8, 4) is 11.5 Å². The molecule has 0 heterocycles. The zero-order valence-corrected chi connectivity index (χ0v) is 17.4. The minimum atomic E-state index is 0.635.